The minimum absolute atomic E-state index is 0.154. The van der Waals surface area contributed by atoms with Crippen LogP contribution in [0.2, 0.25) is 0 Å². The minimum Gasteiger partial charge on any atom is -0.497 e. The number of hydrogen-bond acceptors (Lipinski definition) is 6. The summed E-state index contributed by atoms with van der Waals surface area (Å²) in [5, 5.41) is 0. The predicted molar refractivity (Wildman–Crippen MR) is 94.6 cm³/mol. The van der Waals surface area contributed by atoms with Gasteiger partial charge < -0.3 is 18.9 Å². The minimum atomic E-state index is -0.523. The Hall–Kier alpha value is -3.12. The molecule has 0 saturated heterocycles. The van der Waals surface area contributed by atoms with Crippen LogP contribution in [-0.2, 0) is 9.53 Å². The second kappa shape index (κ2) is 7.41. The number of ketones is 1. The highest BCUT2D eigenvalue weighted by Gasteiger charge is 2.30. The summed E-state index contributed by atoms with van der Waals surface area (Å²) in [4.78, 5) is 24.2. The van der Waals surface area contributed by atoms with Crippen molar-refractivity contribution in [3.05, 3.63) is 58.8 Å². The second-order valence-electron chi connectivity index (χ2n) is 5.73. The topological polar surface area (TPSA) is 71.1 Å². The van der Waals surface area contributed by atoms with Crippen LogP contribution in [0.25, 0.3) is 6.08 Å². The van der Waals surface area contributed by atoms with Crippen molar-refractivity contribution in [2.45, 2.75) is 6.92 Å². The highest BCUT2D eigenvalue weighted by Crippen LogP contribution is 2.37. The molecule has 26 heavy (non-hydrogen) atoms. The Balaban J connectivity index is 1.86. The van der Waals surface area contributed by atoms with E-state index in [0.717, 1.165) is 11.3 Å². The van der Waals surface area contributed by atoms with Crippen molar-refractivity contribution in [3.63, 3.8) is 0 Å². The van der Waals surface area contributed by atoms with E-state index in [-0.39, 0.29) is 18.1 Å². The van der Waals surface area contributed by atoms with Gasteiger partial charge in [-0.25, -0.2) is 4.79 Å². The van der Waals surface area contributed by atoms with Gasteiger partial charge in [0.15, 0.2) is 5.76 Å². The van der Waals surface area contributed by atoms with Crippen LogP contribution in [0.5, 0.6) is 17.2 Å². The van der Waals surface area contributed by atoms with Gasteiger partial charge in [0.2, 0.25) is 5.78 Å². The maximum atomic E-state index is 12.6. The van der Waals surface area contributed by atoms with Gasteiger partial charge in [0.1, 0.15) is 23.9 Å². The summed E-state index contributed by atoms with van der Waals surface area (Å²) in [5.74, 6) is 0.895. The standard InChI is InChI=1S/C20H18O6/c1-12-8-15(25-18(21)11-23-2)10-16-19(12)20(22)17(26-16)9-13-4-6-14(24-3)7-5-13/h4-10H,11H2,1-3H3/b17-9-. The SMILES string of the molecule is COCC(=O)Oc1cc(C)c2c(c1)O/C(=C\c1ccc(OC)cc1)C2=O. The molecule has 6 nitrogen and oxygen atoms in total. The van der Waals surface area contributed by atoms with E-state index in [2.05, 4.69) is 0 Å². The average Bonchev–Trinajstić information content (AvgIpc) is 2.91. The Morgan fingerprint density at radius 2 is 1.85 bits per heavy atom. The van der Waals surface area contributed by atoms with E-state index in [9.17, 15) is 9.59 Å². The summed E-state index contributed by atoms with van der Waals surface area (Å²) in [6.07, 6.45) is 1.66. The van der Waals surface area contributed by atoms with Gasteiger partial charge in [-0.2, -0.15) is 0 Å². The maximum Gasteiger partial charge on any atom is 0.337 e. The van der Waals surface area contributed by atoms with Crippen LogP contribution < -0.4 is 14.2 Å². The number of hydrogen-bond donors (Lipinski definition) is 0. The Labute approximate surface area is 150 Å². The van der Waals surface area contributed by atoms with Crippen molar-refractivity contribution >= 4 is 17.8 Å². The first kappa shape index (κ1) is 17.7. The largest absolute Gasteiger partial charge is 0.497 e. The fraction of sp³-hybridized carbons (Fsp3) is 0.200. The molecule has 0 unspecified atom stereocenters. The molecule has 0 saturated carbocycles. The number of carbonyl (C=O) groups excluding carboxylic acids is 2. The molecule has 0 atom stereocenters. The van der Waals surface area contributed by atoms with Crippen LogP contribution in [0, 0.1) is 6.92 Å². The molecule has 134 valence electrons. The normalized spacial score (nSPS) is 14.1. The zero-order valence-corrected chi connectivity index (χ0v) is 14.7. The van der Waals surface area contributed by atoms with Gasteiger partial charge in [0.05, 0.1) is 12.7 Å². The van der Waals surface area contributed by atoms with E-state index in [1.54, 1.807) is 38.3 Å². The summed E-state index contributed by atoms with van der Waals surface area (Å²) in [5.41, 5.74) is 1.95. The number of benzene rings is 2. The Morgan fingerprint density at radius 1 is 1.12 bits per heavy atom. The summed E-state index contributed by atoms with van der Waals surface area (Å²) in [6.45, 7) is 1.61. The zero-order chi connectivity index (χ0) is 18.7. The number of carbonyl (C=O) groups is 2. The highest BCUT2D eigenvalue weighted by molar-refractivity contribution is 6.15. The molecule has 2 aromatic carbocycles. The molecular formula is C20H18O6. The number of rotatable bonds is 5. The molecule has 6 heteroatoms. The van der Waals surface area contributed by atoms with Crippen LogP contribution >= 0.6 is 0 Å². The first-order valence-electron chi connectivity index (χ1n) is 7.94. The maximum absolute atomic E-state index is 12.6. The molecule has 0 spiro atoms. The van der Waals surface area contributed by atoms with E-state index in [1.807, 2.05) is 12.1 Å². The summed E-state index contributed by atoms with van der Waals surface area (Å²) in [6, 6.07) is 10.4. The van der Waals surface area contributed by atoms with Gasteiger partial charge in [0.25, 0.3) is 0 Å². The van der Waals surface area contributed by atoms with E-state index in [0.29, 0.717) is 22.6 Å². The molecular weight excluding hydrogens is 336 g/mol. The van der Waals surface area contributed by atoms with E-state index >= 15 is 0 Å². The van der Waals surface area contributed by atoms with Gasteiger partial charge in [-0.3, -0.25) is 4.79 Å². The van der Waals surface area contributed by atoms with Gasteiger partial charge in [-0.05, 0) is 42.3 Å². The third-order valence-electron chi connectivity index (χ3n) is 3.85. The third-order valence-corrected chi connectivity index (χ3v) is 3.85. The lowest BCUT2D eigenvalue weighted by Crippen LogP contribution is -2.14. The molecule has 0 aromatic heterocycles. The van der Waals surface area contributed by atoms with Crippen molar-refractivity contribution in [1.82, 2.24) is 0 Å². The number of esters is 1. The Kier molecular flexibility index (Phi) is 5.04. The third kappa shape index (κ3) is 3.60. The predicted octanol–water partition coefficient (Wildman–Crippen LogP) is 3.17. The summed E-state index contributed by atoms with van der Waals surface area (Å²) in [7, 11) is 3.00. The van der Waals surface area contributed by atoms with Gasteiger partial charge in [-0.1, -0.05) is 12.1 Å². The lowest BCUT2D eigenvalue weighted by molar-refractivity contribution is -0.138. The lowest BCUT2D eigenvalue weighted by atomic mass is 10.0. The molecule has 2 aromatic rings. The monoisotopic (exact) mass is 354 g/mol. The van der Waals surface area contributed by atoms with Crippen molar-refractivity contribution in [1.29, 1.82) is 0 Å². The molecule has 0 aliphatic carbocycles. The average molecular weight is 354 g/mol. The van der Waals surface area contributed by atoms with Crippen molar-refractivity contribution in [2.24, 2.45) is 0 Å². The molecule has 0 fully saturated rings. The first-order valence-corrected chi connectivity index (χ1v) is 7.94. The van der Waals surface area contributed by atoms with E-state index in [1.165, 1.54) is 13.2 Å². The molecule has 1 heterocycles. The van der Waals surface area contributed by atoms with Crippen molar-refractivity contribution in [2.75, 3.05) is 20.8 Å². The number of ether oxygens (including phenoxy) is 4. The molecule has 1 aliphatic heterocycles. The van der Waals surface area contributed by atoms with Crippen LogP contribution in [0.1, 0.15) is 21.5 Å². The van der Waals surface area contributed by atoms with Crippen LogP contribution in [-0.4, -0.2) is 32.6 Å². The number of aryl methyl sites for hydroxylation is 1. The molecule has 1 aliphatic rings. The molecule has 0 N–H and O–H groups in total. The molecule has 0 amide bonds. The number of Topliss-reactive ketones (excluding diaryl/α,β-unsaturated/α-hetero) is 1. The number of fused-ring (bicyclic) bond motifs is 1. The quantitative estimate of drug-likeness (QED) is 0.467. The van der Waals surface area contributed by atoms with Crippen LogP contribution in [0.4, 0.5) is 0 Å². The Bertz CT molecular complexity index is 880. The molecule has 0 bridgehead atoms. The smallest absolute Gasteiger partial charge is 0.337 e. The van der Waals surface area contributed by atoms with E-state index in [4.69, 9.17) is 18.9 Å². The van der Waals surface area contributed by atoms with Crippen molar-refractivity contribution < 1.29 is 28.5 Å². The van der Waals surface area contributed by atoms with E-state index < -0.39 is 5.97 Å². The van der Waals surface area contributed by atoms with Crippen LogP contribution in [0.3, 0.4) is 0 Å². The highest BCUT2D eigenvalue weighted by atomic mass is 16.6. The summed E-state index contributed by atoms with van der Waals surface area (Å²) >= 11 is 0. The number of methoxy groups -OCH3 is 2. The van der Waals surface area contributed by atoms with Gasteiger partial charge in [-0.15, -0.1) is 0 Å². The zero-order valence-electron chi connectivity index (χ0n) is 14.7. The van der Waals surface area contributed by atoms with Crippen molar-refractivity contribution in [3.8, 4) is 17.2 Å². The van der Waals surface area contributed by atoms with Gasteiger partial charge in [0, 0.05) is 13.2 Å². The summed E-state index contributed by atoms with van der Waals surface area (Å²) < 4.78 is 20.7. The second-order valence-corrected chi connectivity index (χ2v) is 5.73. The molecule has 3 rings (SSSR count). The number of allylic oxidation sites excluding steroid dienone is 1. The first-order chi connectivity index (χ1) is 12.5. The Morgan fingerprint density at radius 3 is 2.50 bits per heavy atom. The molecule has 0 radical (unpaired) electrons. The lowest BCUT2D eigenvalue weighted by Gasteiger charge is -2.07. The van der Waals surface area contributed by atoms with Gasteiger partial charge >= 0.3 is 5.97 Å². The fourth-order valence-electron chi connectivity index (χ4n) is 2.67. The van der Waals surface area contributed by atoms with Crippen LogP contribution in [0.15, 0.2) is 42.2 Å². The fourth-order valence-corrected chi connectivity index (χ4v) is 2.67.